The number of H-pyrrole nitrogens is 1. The van der Waals surface area contributed by atoms with Crippen molar-refractivity contribution in [3.8, 4) is 5.75 Å². The van der Waals surface area contributed by atoms with Crippen LogP contribution in [0, 0.1) is 0 Å². The number of fused-ring (bicyclic) bond motifs is 1. The number of rotatable bonds is 8. The number of ether oxygens (including phenoxy) is 1. The Morgan fingerprint density at radius 2 is 1.97 bits per heavy atom. The van der Waals surface area contributed by atoms with Crippen molar-refractivity contribution in [2.24, 2.45) is 4.99 Å². The first kappa shape index (κ1) is 24.4. The third-order valence-corrected chi connectivity index (χ3v) is 8.08. The summed E-state index contributed by atoms with van der Waals surface area (Å²) in [6, 6.07) is 15.6. The van der Waals surface area contributed by atoms with E-state index in [1.165, 1.54) is 31.0 Å². The Morgan fingerprint density at radius 1 is 1.17 bits per heavy atom. The maximum atomic E-state index is 13.5. The Labute approximate surface area is 215 Å². The van der Waals surface area contributed by atoms with E-state index in [0.717, 1.165) is 45.9 Å². The van der Waals surface area contributed by atoms with Crippen LogP contribution in [0.5, 0.6) is 5.75 Å². The van der Waals surface area contributed by atoms with E-state index in [-0.39, 0.29) is 24.3 Å². The molecule has 1 atom stereocenters. The Hall–Kier alpha value is -3.26. The molecule has 7 nitrogen and oxygen atoms in total. The molecule has 2 amide bonds. The predicted octanol–water partition coefficient (Wildman–Crippen LogP) is 5.38. The molecule has 1 aliphatic heterocycles. The van der Waals surface area contributed by atoms with E-state index >= 15 is 0 Å². The number of anilines is 1. The number of methoxy groups -OCH3 is 1. The third-order valence-electron chi connectivity index (χ3n) is 6.90. The molecule has 2 aliphatic rings. The molecular formula is C28H32N4O3S. The van der Waals surface area contributed by atoms with Gasteiger partial charge in [0, 0.05) is 35.8 Å². The van der Waals surface area contributed by atoms with E-state index in [2.05, 4.69) is 10.3 Å². The van der Waals surface area contributed by atoms with Crippen molar-refractivity contribution in [1.82, 2.24) is 9.88 Å². The minimum Gasteiger partial charge on any atom is -0.497 e. The molecular weight excluding hydrogens is 472 g/mol. The van der Waals surface area contributed by atoms with Gasteiger partial charge < -0.3 is 15.0 Å². The Kier molecular flexibility index (Phi) is 7.60. The highest BCUT2D eigenvalue weighted by atomic mass is 32.2. The van der Waals surface area contributed by atoms with Crippen molar-refractivity contribution in [3.63, 3.8) is 0 Å². The number of aromatic amines is 1. The Balaban J connectivity index is 1.32. The number of carbonyl (C=O) groups is 2. The van der Waals surface area contributed by atoms with Gasteiger partial charge in [0.1, 0.15) is 11.0 Å². The predicted molar refractivity (Wildman–Crippen MR) is 146 cm³/mol. The summed E-state index contributed by atoms with van der Waals surface area (Å²) in [6.45, 7) is 0.526. The molecule has 3 aromatic rings. The van der Waals surface area contributed by atoms with Crippen LogP contribution in [0.15, 0.2) is 59.7 Å². The third kappa shape index (κ3) is 5.59. The number of carbonyl (C=O) groups excluding carboxylic acids is 2. The summed E-state index contributed by atoms with van der Waals surface area (Å²) in [5.74, 6) is 0.616. The van der Waals surface area contributed by atoms with E-state index in [1.54, 1.807) is 12.0 Å². The monoisotopic (exact) mass is 504 g/mol. The number of hydrogen-bond donors (Lipinski definition) is 2. The van der Waals surface area contributed by atoms with Crippen LogP contribution in [0.4, 0.5) is 5.69 Å². The number of nitrogens with one attached hydrogen (secondary N) is 2. The van der Waals surface area contributed by atoms with Gasteiger partial charge in [0.2, 0.25) is 11.8 Å². The van der Waals surface area contributed by atoms with Crippen LogP contribution in [0.25, 0.3) is 10.9 Å². The van der Waals surface area contributed by atoms with Crippen LogP contribution in [0.3, 0.4) is 0 Å². The number of amides is 2. The molecule has 2 fully saturated rings. The van der Waals surface area contributed by atoms with Gasteiger partial charge in [-0.2, -0.15) is 0 Å². The van der Waals surface area contributed by atoms with E-state index in [0.29, 0.717) is 13.0 Å². The van der Waals surface area contributed by atoms with Gasteiger partial charge in [-0.25, -0.2) is 0 Å². The molecule has 2 N–H and O–H groups in total. The average Bonchev–Trinajstić information content (AvgIpc) is 3.43. The molecule has 36 heavy (non-hydrogen) atoms. The minimum absolute atomic E-state index is 0.0322. The highest BCUT2D eigenvalue weighted by Gasteiger charge is 2.39. The quantitative estimate of drug-likeness (QED) is 0.431. The second kappa shape index (κ2) is 11.2. The van der Waals surface area contributed by atoms with E-state index in [1.807, 2.05) is 54.7 Å². The second-order valence-electron chi connectivity index (χ2n) is 9.39. The standard InChI is InChI=1S/C28H32N4O3S/c1-35-22-12-13-24-23(16-22)19(18-29-24)14-15-32-27(34)25(17-26(33)30-20-8-4-2-5-9-20)36-28(32)31-21-10-6-3-7-11-21/h2,4-5,8-9,12-13,16,18,21,25,29H,3,6-7,10-11,14-15,17H2,1H3,(H,30,33)/t25-/m1/s1. The molecule has 1 saturated heterocycles. The zero-order chi connectivity index (χ0) is 24.9. The molecule has 8 heteroatoms. The molecule has 2 aromatic carbocycles. The van der Waals surface area contributed by atoms with E-state index in [9.17, 15) is 9.59 Å². The maximum absolute atomic E-state index is 13.5. The SMILES string of the molecule is COc1ccc2[nH]cc(CCN3C(=O)[C@@H](CC(=O)Nc4ccccc4)SC3=NC3CCCCC3)c2c1. The fourth-order valence-corrected chi connectivity index (χ4v) is 6.17. The van der Waals surface area contributed by atoms with E-state index < -0.39 is 5.25 Å². The molecule has 188 valence electrons. The molecule has 5 rings (SSSR count). The number of aliphatic imine (C=N–C) groups is 1. The number of hydrogen-bond acceptors (Lipinski definition) is 5. The second-order valence-corrected chi connectivity index (χ2v) is 10.6. The summed E-state index contributed by atoms with van der Waals surface area (Å²) < 4.78 is 5.40. The number of nitrogens with zero attached hydrogens (tertiary/aromatic N) is 2. The van der Waals surface area contributed by atoms with Crippen molar-refractivity contribution in [2.75, 3.05) is 19.0 Å². The van der Waals surface area contributed by atoms with Crippen LogP contribution in [-0.4, -0.2) is 51.8 Å². The van der Waals surface area contributed by atoms with Gasteiger partial charge in [-0.05, 0) is 55.2 Å². The molecule has 2 heterocycles. The summed E-state index contributed by atoms with van der Waals surface area (Å²) in [5, 5.41) is 4.31. The Morgan fingerprint density at radius 3 is 2.75 bits per heavy atom. The van der Waals surface area contributed by atoms with Crippen molar-refractivity contribution in [1.29, 1.82) is 0 Å². The van der Waals surface area contributed by atoms with Gasteiger partial charge in [0.05, 0.1) is 13.2 Å². The summed E-state index contributed by atoms with van der Waals surface area (Å²) in [6.07, 6.45) is 8.56. The van der Waals surface area contributed by atoms with Crippen molar-refractivity contribution < 1.29 is 14.3 Å². The molecule has 0 radical (unpaired) electrons. The highest BCUT2D eigenvalue weighted by Crippen LogP contribution is 2.33. The molecule has 1 aliphatic carbocycles. The molecule has 0 bridgehead atoms. The zero-order valence-corrected chi connectivity index (χ0v) is 21.4. The van der Waals surface area contributed by atoms with Crippen LogP contribution < -0.4 is 10.1 Å². The minimum atomic E-state index is -0.459. The summed E-state index contributed by atoms with van der Waals surface area (Å²) in [4.78, 5) is 36.3. The highest BCUT2D eigenvalue weighted by molar-refractivity contribution is 8.15. The molecule has 0 spiro atoms. The zero-order valence-electron chi connectivity index (χ0n) is 20.5. The largest absolute Gasteiger partial charge is 0.497 e. The van der Waals surface area contributed by atoms with Crippen molar-refractivity contribution in [3.05, 3.63) is 60.3 Å². The molecule has 0 unspecified atom stereocenters. The van der Waals surface area contributed by atoms with Crippen molar-refractivity contribution in [2.45, 2.75) is 56.2 Å². The first-order chi connectivity index (χ1) is 17.6. The summed E-state index contributed by atoms with van der Waals surface area (Å²) in [7, 11) is 1.66. The van der Waals surface area contributed by atoms with Gasteiger partial charge in [-0.1, -0.05) is 49.2 Å². The topological polar surface area (TPSA) is 86.8 Å². The lowest BCUT2D eigenvalue weighted by Crippen LogP contribution is -2.35. The number of thioether (sulfide) groups is 1. The fraction of sp³-hybridized carbons (Fsp3) is 0.393. The Bertz CT molecular complexity index is 1250. The van der Waals surface area contributed by atoms with Gasteiger partial charge in [0.25, 0.3) is 0 Å². The lowest BCUT2D eigenvalue weighted by atomic mass is 9.96. The smallest absolute Gasteiger partial charge is 0.242 e. The lowest BCUT2D eigenvalue weighted by molar-refractivity contribution is -0.128. The molecule has 1 aromatic heterocycles. The van der Waals surface area contributed by atoms with Gasteiger partial charge in [0.15, 0.2) is 5.17 Å². The average molecular weight is 505 g/mol. The van der Waals surface area contributed by atoms with Crippen LogP contribution in [0.2, 0.25) is 0 Å². The number of aromatic nitrogens is 1. The van der Waals surface area contributed by atoms with Crippen LogP contribution in [0.1, 0.15) is 44.1 Å². The number of para-hydroxylation sites is 1. The van der Waals surface area contributed by atoms with Gasteiger partial charge in [-0.15, -0.1) is 0 Å². The van der Waals surface area contributed by atoms with Gasteiger partial charge in [-0.3, -0.25) is 19.5 Å². The summed E-state index contributed by atoms with van der Waals surface area (Å²) in [5.41, 5.74) is 2.91. The number of amidine groups is 1. The first-order valence-corrected chi connectivity index (χ1v) is 13.5. The van der Waals surface area contributed by atoms with Crippen LogP contribution >= 0.6 is 11.8 Å². The normalized spacial score (nSPS) is 19.8. The fourth-order valence-electron chi connectivity index (χ4n) is 4.94. The summed E-state index contributed by atoms with van der Waals surface area (Å²) >= 11 is 1.44. The maximum Gasteiger partial charge on any atom is 0.242 e. The van der Waals surface area contributed by atoms with Crippen molar-refractivity contribution >= 4 is 45.3 Å². The van der Waals surface area contributed by atoms with Gasteiger partial charge >= 0.3 is 0 Å². The number of benzene rings is 2. The lowest BCUT2D eigenvalue weighted by Gasteiger charge is -2.21. The first-order valence-electron chi connectivity index (χ1n) is 12.7. The van der Waals surface area contributed by atoms with Crippen LogP contribution in [-0.2, 0) is 16.0 Å². The molecule has 1 saturated carbocycles. The van der Waals surface area contributed by atoms with E-state index in [4.69, 9.17) is 9.73 Å².